The number of rotatable bonds is 7. The molecule has 0 aromatic rings. The van der Waals surface area contributed by atoms with Gasteiger partial charge in [0.25, 0.3) is 0 Å². The fourth-order valence-electron chi connectivity index (χ4n) is 3.89. The van der Waals surface area contributed by atoms with Crippen molar-refractivity contribution in [2.75, 3.05) is 65.6 Å². The van der Waals surface area contributed by atoms with E-state index in [0.29, 0.717) is 5.41 Å². The minimum absolute atomic E-state index is 0.354. The topological polar surface area (TPSA) is 27.7 Å². The summed E-state index contributed by atoms with van der Waals surface area (Å²) < 4.78 is 5.83. The highest BCUT2D eigenvalue weighted by Gasteiger charge is 2.35. The zero-order chi connectivity index (χ0) is 14.5. The van der Waals surface area contributed by atoms with Crippen LogP contribution in [0, 0.1) is 11.3 Å². The molecule has 1 unspecified atom stereocenters. The average molecular weight is 295 g/mol. The van der Waals surface area contributed by atoms with Gasteiger partial charge in [0, 0.05) is 57.8 Å². The van der Waals surface area contributed by atoms with Gasteiger partial charge in [0.05, 0.1) is 6.61 Å². The number of piperazine rings is 1. The predicted molar refractivity (Wildman–Crippen MR) is 86.6 cm³/mol. The minimum Gasteiger partial charge on any atom is -0.381 e. The Hall–Kier alpha value is -0.160. The van der Waals surface area contributed by atoms with E-state index in [1.807, 2.05) is 0 Å². The van der Waals surface area contributed by atoms with Gasteiger partial charge in [-0.15, -0.1) is 0 Å². The van der Waals surface area contributed by atoms with Crippen LogP contribution < -0.4 is 5.32 Å². The highest BCUT2D eigenvalue weighted by atomic mass is 16.5. The van der Waals surface area contributed by atoms with Crippen molar-refractivity contribution in [1.82, 2.24) is 15.1 Å². The molecule has 2 aliphatic heterocycles. The van der Waals surface area contributed by atoms with Crippen molar-refractivity contribution in [3.8, 4) is 0 Å². The van der Waals surface area contributed by atoms with Crippen molar-refractivity contribution >= 4 is 0 Å². The fraction of sp³-hybridized carbons (Fsp3) is 1.00. The molecule has 1 aliphatic carbocycles. The van der Waals surface area contributed by atoms with E-state index in [0.717, 1.165) is 32.2 Å². The number of hydrogen-bond acceptors (Lipinski definition) is 4. The first-order chi connectivity index (χ1) is 10.3. The summed E-state index contributed by atoms with van der Waals surface area (Å²) in [6.07, 6.45) is 5.50. The standard InChI is InChI=1S/C17H33N3O/c1-2-18-13-17(6-3-11-21-15-17)14-20-9-7-19(8-10-20)12-16-4-5-16/h16,18H,2-15H2,1H3. The summed E-state index contributed by atoms with van der Waals surface area (Å²) in [5.74, 6) is 1.03. The van der Waals surface area contributed by atoms with Gasteiger partial charge in [-0.2, -0.15) is 0 Å². The normalized spacial score (nSPS) is 32.4. The summed E-state index contributed by atoms with van der Waals surface area (Å²) >= 11 is 0. The van der Waals surface area contributed by atoms with E-state index in [9.17, 15) is 0 Å². The van der Waals surface area contributed by atoms with E-state index in [1.54, 1.807) is 0 Å². The van der Waals surface area contributed by atoms with E-state index < -0.39 is 0 Å². The number of hydrogen-bond donors (Lipinski definition) is 1. The first-order valence-corrected chi connectivity index (χ1v) is 9.03. The maximum atomic E-state index is 5.83. The molecule has 21 heavy (non-hydrogen) atoms. The van der Waals surface area contributed by atoms with E-state index in [1.165, 1.54) is 65.0 Å². The van der Waals surface area contributed by atoms with E-state index >= 15 is 0 Å². The molecule has 122 valence electrons. The van der Waals surface area contributed by atoms with Crippen molar-refractivity contribution < 1.29 is 4.74 Å². The highest BCUT2D eigenvalue weighted by molar-refractivity contribution is 4.89. The summed E-state index contributed by atoms with van der Waals surface area (Å²) in [5, 5.41) is 3.57. The molecule has 3 aliphatic rings. The quantitative estimate of drug-likeness (QED) is 0.769. The number of nitrogens with one attached hydrogen (secondary N) is 1. The zero-order valence-electron chi connectivity index (χ0n) is 13.8. The summed E-state index contributed by atoms with van der Waals surface area (Å²) in [5.41, 5.74) is 0.354. The van der Waals surface area contributed by atoms with Crippen LogP contribution in [0.5, 0.6) is 0 Å². The van der Waals surface area contributed by atoms with E-state index in [4.69, 9.17) is 4.74 Å². The van der Waals surface area contributed by atoms with Gasteiger partial charge >= 0.3 is 0 Å². The Morgan fingerprint density at radius 3 is 2.52 bits per heavy atom. The highest BCUT2D eigenvalue weighted by Crippen LogP contribution is 2.31. The zero-order valence-corrected chi connectivity index (χ0v) is 13.8. The molecule has 2 heterocycles. The van der Waals surface area contributed by atoms with Gasteiger partial charge in [0.2, 0.25) is 0 Å². The molecule has 0 spiro atoms. The second kappa shape index (κ2) is 7.40. The molecule has 4 heteroatoms. The largest absolute Gasteiger partial charge is 0.381 e. The summed E-state index contributed by atoms with van der Waals surface area (Å²) in [7, 11) is 0. The lowest BCUT2D eigenvalue weighted by atomic mass is 9.81. The molecule has 0 bridgehead atoms. The van der Waals surface area contributed by atoms with Gasteiger partial charge < -0.3 is 19.9 Å². The van der Waals surface area contributed by atoms with Crippen LogP contribution >= 0.6 is 0 Å². The van der Waals surface area contributed by atoms with Gasteiger partial charge in [0.15, 0.2) is 0 Å². The lowest BCUT2D eigenvalue weighted by molar-refractivity contribution is -0.0327. The van der Waals surface area contributed by atoms with Crippen LogP contribution in [0.2, 0.25) is 0 Å². The molecule has 0 amide bonds. The maximum absolute atomic E-state index is 5.83. The van der Waals surface area contributed by atoms with Gasteiger partial charge in [-0.05, 0) is 38.1 Å². The third-order valence-corrected chi connectivity index (χ3v) is 5.39. The maximum Gasteiger partial charge on any atom is 0.0546 e. The van der Waals surface area contributed by atoms with E-state index in [2.05, 4.69) is 22.0 Å². The Bertz CT molecular complexity index is 305. The smallest absolute Gasteiger partial charge is 0.0546 e. The van der Waals surface area contributed by atoms with Crippen LogP contribution in [0.15, 0.2) is 0 Å². The molecule has 3 rings (SSSR count). The number of nitrogens with zero attached hydrogens (tertiary/aromatic N) is 2. The fourth-order valence-corrected chi connectivity index (χ4v) is 3.89. The third kappa shape index (κ3) is 4.65. The summed E-state index contributed by atoms with van der Waals surface area (Å²) in [4.78, 5) is 5.37. The molecule has 2 saturated heterocycles. The van der Waals surface area contributed by atoms with Gasteiger partial charge in [-0.1, -0.05) is 6.92 Å². The Morgan fingerprint density at radius 1 is 1.14 bits per heavy atom. The Morgan fingerprint density at radius 2 is 1.90 bits per heavy atom. The first kappa shape index (κ1) is 15.7. The molecule has 1 saturated carbocycles. The average Bonchev–Trinajstić information content (AvgIpc) is 3.32. The van der Waals surface area contributed by atoms with Crippen molar-refractivity contribution in [3.63, 3.8) is 0 Å². The Labute approximate surface area is 130 Å². The van der Waals surface area contributed by atoms with E-state index in [-0.39, 0.29) is 0 Å². The van der Waals surface area contributed by atoms with Crippen LogP contribution in [-0.4, -0.2) is 75.4 Å². The summed E-state index contributed by atoms with van der Waals surface area (Å²) in [6, 6.07) is 0. The predicted octanol–water partition coefficient (Wildman–Crippen LogP) is 1.42. The lowest BCUT2D eigenvalue weighted by Crippen LogP contribution is -2.54. The molecule has 0 aromatic heterocycles. The SMILES string of the molecule is CCNCC1(CN2CCN(CC3CC3)CC2)CCCOC1. The van der Waals surface area contributed by atoms with Gasteiger partial charge in [0.1, 0.15) is 0 Å². The lowest BCUT2D eigenvalue weighted by Gasteiger charge is -2.43. The Kier molecular flexibility index (Phi) is 5.54. The molecule has 3 fully saturated rings. The van der Waals surface area contributed by atoms with Crippen molar-refractivity contribution in [2.24, 2.45) is 11.3 Å². The molecule has 0 aromatic carbocycles. The molecular formula is C17H33N3O. The van der Waals surface area contributed by atoms with Crippen LogP contribution in [0.1, 0.15) is 32.6 Å². The van der Waals surface area contributed by atoms with Crippen LogP contribution in [-0.2, 0) is 4.74 Å². The Balaban J connectivity index is 1.46. The van der Waals surface area contributed by atoms with Crippen molar-refractivity contribution in [1.29, 1.82) is 0 Å². The van der Waals surface area contributed by atoms with Crippen LogP contribution in [0.4, 0.5) is 0 Å². The van der Waals surface area contributed by atoms with Crippen LogP contribution in [0.25, 0.3) is 0 Å². The first-order valence-electron chi connectivity index (χ1n) is 9.03. The number of ether oxygens (including phenoxy) is 1. The molecule has 4 nitrogen and oxygen atoms in total. The molecule has 1 N–H and O–H groups in total. The minimum atomic E-state index is 0.354. The van der Waals surface area contributed by atoms with Gasteiger partial charge in [-0.25, -0.2) is 0 Å². The van der Waals surface area contributed by atoms with Crippen molar-refractivity contribution in [2.45, 2.75) is 32.6 Å². The van der Waals surface area contributed by atoms with Gasteiger partial charge in [-0.3, -0.25) is 0 Å². The molecule has 1 atom stereocenters. The summed E-state index contributed by atoms with van der Waals surface area (Å²) in [6.45, 7) is 13.9. The molecule has 0 radical (unpaired) electrons. The second-order valence-electron chi connectivity index (χ2n) is 7.46. The monoisotopic (exact) mass is 295 g/mol. The van der Waals surface area contributed by atoms with Crippen molar-refractivity contribution in [3.05, 3.63) is 0 Å². The molecular weight excluding hydrogens is 262 g/mol. The second-order valence-corrected chi connectivity index (χ2v) is 7.46. The third-order valence-electron chi connectivity index (χ3n) is 5.39. The van der Waals surface area contributed by atoms with Crippen LogP contribution in [0.3, 0.4) is 0 Å².